The fourth-order valence-electron chi connectivity index (χ4n) is 3.12. The first kappa shape index (κ1) is 21.9. The first-order valence-corrected chi connectivity index (χ1v) is 9.69. The monoisotopic (exact) mass is 427 g/mol. The Morgan fingerprint density at radius 2 is 1.81 bits per heavy atom. The zero-order valence-electron chi connectivity index (χ0n) is 17.1. The van der Waals surface area contributed by atoms with Gasteiger partial charge in [0.15, 0.2) is 6.61 Å². The van der Waals surface area contributed by atoms with Crippen LogP contribution in [0.4, 0.5) is 15.8 Å². The van der Waals surface area contributed by atoms with E-state index in [1.54, 1.807) is 38.1 Å². The lowest BCUT2D eigenvalue weighted by molar-refractivity contribution is -0.150. The van der Waals surface area contributed by atoms with Gasteiger partial charge in [-0.25, -0.2) is 9.18 Å². The second-order valence-electron chi connectivity index (χ2n) is 7.33. The van der Waals surface area contributed by atoms with Crippen LogP contribution in [0.5, 0.6) is 0 Å². The van der Waals surface area contributed by atoms with Crippen molar-refractivity contribution >= 4 is 35.1 Å². The number of carbonyl (C=O) groups is 4. The van der Waals surface area contributed by atoms with E-state index in [-0.39, 0.29) is 23.9 Å². The highest BCUT2D eigenvalue weighted by atomic mass is 19.1. The van der Waals surface area contributed by atoms with Crippen molar-refractivity contribution < 1.29 is 28.3 Å². The highest BCUT2D eigenvalue weighted by molar-refractivity contribution is 6.10. The standard InChI is InChI=1S/C22H22FN3O5/c1-13(2)20(25-21(29)14-7-3-4-8-15(14)23)22(30)31-12-19(28)26-11-18(27)24-16-9-5-6-10-17(16)26/h3-10,13,20H,11-12H2,1-2H3,(H,24,27)(H,25,29)/t20-/m0/s1. The Labute approximate surface area is 178 Å². The number of nitrogens with zero attached hydrogens (tertiary/aromatic N) is 1. The second-order valence-corrected chi connectivity index (χ2v) is 7.33. The zero-order chi connectivity index (χ0) is 22.5. The third-order valence-corrected chi connectivity index (χ3v) is 4.74. The molecule has 2 aromatic carbocycles. The number of ether oxygens (including phenoxy) is 1. The quantitative estimate of drug-likeness (QED) is 0.687. The molecule has 1 aliphatic heterocycles. The van der Waals surface area contributed by atoms with E-state index in [1.165, 1.54) is 23.1 Å². The van der Waals surface area contributed by atoms with Gasteiger partial charge in [-0.15, -0.1) is 0 Å². The molecule has 0 aliphatic carbocycles. The third-order valence-electron chi connectivity index (χ3n) is 4.74. The molecule has 9 heteroatoms. The first-order valence-electron chi connectivity index (χ1n) is 9.69. The van der Waals surface area contributed by atoms with Crippen molar-refractivity contribution in [3.05, 3.63) is 59.9 Å². The summed E-state index contributed by atoms with van der Waals surface area (Å²) in [5.74, 6) is -3.63. The predicted molar refractivity (Wildman–Crippen MR) is 111 cm³/mol. The van der Waals surface area contributed by atoms with Gasteiger partial charge < -0.3 is 15.4 Å². The van der Waals surface area contributed by atoms with Crippen molar-refractivity contribution in [1.82, 2.24) is 5.32 Å². The number of anilines is 2. The number of amides is 3. The molecular weight excluding hydrogens is 405 g/mol. The average Bonchev–Trinajstić information content (AvgIpc) is 2.74. The van der Waals surface area contributed by atoms with E-state index >= 15 is 0 Å². The van der Waals surface area contributed by atoms with Gasteiger partial charge in [0.05, 0.1) is 16.9 Å². The minimum absolute atomic E-state index is 0.201. The average molecular weight is 427 g/mol. The number of hydrogen-bond acceptors (Lipinski definition) is 5. The molecule has 0 bridgehead atoms. The normalized spacial score (nSPS) is 13.8. The molecule has 3 amide bonds. The number of esters is 1. The molecule has 162 valence electrons. The van der Waals surface area contributed by atoms with E-state index < -0.39 is 36.2 Å². The van der Waals surface area contributed by atoms with Crippen LogP contribution in [-0.2, 0) is 19.1 Å². The lowest BCUT2D eigenvalue weighted by Crippen LogP contribution is -2.47. The number of carbonyl (C=O) groups excluding carboxylic acids is 4. The molecule has 0 radical (unpaired) electrons. The molecule has 31 heavy (non-hydrogen) atoms. The number of halogens is 1. The molecule has 1 aliphatic rings. The molecule has 3 rings (SSSR count). The molecule has 1 heterocycles. The summed E-state index contributed by atoms with van der Waals surface area (Å²) in [4.78, 5) is 50.6. The maximum Gasteiger partial charge on any atom is 0.329 e. The molecule has 0 unspecified atom stereocenters. The Morgan fingerprint density at radius 3 is 2.52 bits per heavy atom. The van der Waals surface area contributed by atoms with E-state index in [0.29, 0.717) is 11.4 Å². The molecular formula is C22H22FN3O5. The largest absolute Gasteiger partial charge is 0.454 e. The second kappa shape index (κ2) is 9.38. The topological polar surface area (TPSA) is 105 Å². The smallest absolute Gasteiger partial charge is 0.329 e. The minimum atomic E-state index is -1.09. The third kappa shape index (κ3) is 5.06. The molecule has 0 fully saturated rings. The van der Waals surface area contributed by atoms with Crippen molar-refractivity contribution in [3.63, 3.8) is 0 Å². The number of fused-ring (bicyclic) bond motifs is 1. The highest BCUT2D eigenvalue weighted by Crippen LogP contribution is 2.28. The summed E-state index contributed by atoms with van der Waals surface area (Å²) in [6.45, 7) is 2.55. The number of hydrogen-bond donors (Lipinski definition) is 2. The van der Waals surface area contributed by atoms with Gasteiger partial charge in [0.2, 0.25) is 5.91 Å². The Bertz CT molecular complexity index is 1020. The Balaban J connectivity index is 1.65. The van der Waals surface area contributed by atoms with E-state index in [1.807, 2.05) is 0 Å². The van der Waals surface area contributed by atoms with Crippen LogP contribution in [0.2, 0.25) is 0 Å². The van der Waals surface area contributed by atoms with E-state index in [2.05, 4.69) is 10.6 Å². The van der Waals surface area contributed by atoms with Crippen molar-refractivity contribution in [2.45, 2.75) is 19.9 Å². The summed E-state index contributed by atoms with van der Waals surface area (Å²) in [7, 11) is 0. The van der Waals surface area contributed by atoms with Crippen molar-refractivity contribution in [2.75, 3.05) is 23.4 Å². The van der Waals surface area contributed by atoms with Crippen LogP contribution in [0.3, 0.4) is 0 Å². The van der Waals surface area contributed by atoms with Gasteiger partial charge in [0.1, 0.15) is 18.4 Å². The summed E-state index contributed by atoms with van der Waals surface area (Å²) < 4.78 is 19.0. The number of para-hydroxylation sites is 2. The molecule has 2 aromatic rings. The maximum absolute atomic E-state index is 13.8. The van der Waals surface area contributed by atoms with Crippen LogP contribution in [0, 0.1) is 11.7 Å². The fraction of sp³-hybridized carbons (Fsp3) is 0.273. The van der Waals surface area contributed by atoms with Crippen molar-refractivity contribution in [3.8, 4) is 0 Å². The molecule has 8 nitrogen and oxygen atoms in total. The molecule has 0 saturated carbocycles. The molecule has 0 spiro atoms. The lowest BCUT2D eigenvalue weighted by atomic mass is 10.0. The van der Waals surface area contributed by atoms with Crippen LogP contribution in [0.1, 0.15) is 24.2 Å². The number of rotatable bonds is 6. The number of nitrogens with one attached hydrogen (secondary N) is 2. The zero-order valence-corrected chi connectivity index (χ0v) is 17.1. The molecule has 2 N–H and O–H groups in total. The van der Waals surface area contributed by atoms with Crippen LogP contribution in [0.25, 0.3) is 0 Å². The fourth-order valence-corrected chi connectivity index (χ4v) is 3.12. The Hall–Kier alpha value is -3.75. The first-order chi connectivity index (χ1) is 14.8. The highest BCUT2D eigenvalue weighted by Gasteiger charge is 2.30. The van der Waals surface area contributed by atoms with E-state index in [4.69, 9.17) is 4.74 Å². The van der Waals surface area contributed by atoms with Gasteiger partial charge in [-0.1, -0.05) is 38.1 Å². The van der Waals surface area contributed by atoms with Gasteiger partial charge in [0, 0.05) is 0 Å². The molecule has 0 saturated heterocycles. The van der Waals surface area contributed by atoms with Gasteiger partial charge >= 0.3 is 5.97 Å². The van der Waals surface area contributed by atoms with Crippen LogP contribution >= 0.6 is 0 Å². The summed E-state index contributed by atoms with van der Waals surface area (Å²) in [6.07, 6.45) is 0. The van der Waals surface area contributed by atoms with Gasteiger partial charge in [-0.3, -0.25) is 19.3 Å². The van der Waals surface area contributed by atoms with Crippen molar-refractivity contribution in [2.24, 2.45) is 5.92 Å². The lowest BCUT2D eigenvalue weighted by Gasteiger charge is -2.29. The maximum atomic E-state index is 13.8. The van der Waals surface area contributed by atoms with E-state index in [0.717, 1.165) is 6.07 Å². The van der Waals surface area contributed by atoms with Crippen LogP contribution in [-0.4, -0.2) is 42.9 Å². The summed E-state index contributed by atoms with van der Waals surface area (Å²) in [6, 6.07) is 11.1. The Kier molecular flexibility index (Phi) is 6.64. The summed E-state index contributed by atoms with van der Waals surface area (Å²) in [5.41, 5.74) is 0.778. The molecule has 0 aromatic heterocycles. The number of benzene rings is 2. The molecule has 1 atom stereocenters. The van der Waals surface area contributed by atoms with Crippen molar-refractivity contribution in [1.29, 1.82) is 0 Å². The van der Waals surface area contributed by atoms with Gasteiger partial charge in [-0.2, -0.15) is 0 Å². The minimum Gasteiger partial charge on any atom is -0.454 e. The van der Waals surface area contributed by atoms with Gasteiger partial charge in [0.25, 0.3) is 11.8 Å². The predicted octanol–water partition coefficient (Wildman–Crippen LogP) is 2.11. The van der Waals surface area contributed by atoms with Crippen LogP contribution in [0.15, 0.2) is 48.5 Å². The van der Waals surface area contributed by atoms with Crippen LogP contribution < -0.4 is 15.5 Å². The summed E-state index contributed by atoms with van der Waals surface area (Å²) >= 11 is 0. The Morgan fingerprint density at radius 1 is 1.13 bits per heavy atom. The van der Waals surface area contributed by atoms with E-state index in [9.17, 15) is 23.6 Å². The summed E-state index contributed by atoms with van der Waals surface area (Å²) in [5, 5.41) is 5.12. The SMILES string of the molecule is CC(C)[C@H](NC(=O)c1ccccc1F)C(=O)OCC(=O)N1CC(=O)Nc2ccccc21. The van der Waals surface area contributed by atoms with Gasteiger partial charge in [-0.05, 0) is 30.2 Å².